The summed E-state index contributed by atoms with van der Waals surface area (Å²) in [5, 5.41) is 11.7. The second-order valence-electron chi connectivity index (χ2n) is 20.9. The predicted octanol–water partition coefficient (Wildman–Crippen LogP) is 11.3. The fourth-order valence-corrected chi connectivity index (χ4v) is 9.40. The Morgan fingerprint density at radius 1 is 0.566 bits per heavy atom. The molecule has 0 aliphatic carbocycles. The molecular weight excluding hydrogens is 1150 g/mol. The number of anilines is 4. The molecular formula is C58H64Cl2N10O11S2. The third-order valence-electron chi connectivity index (χ3n) is 12.2. The predicted molar refractivity (Wildman–Crippen MR) is 319 cm³/mol. The molecule has 4 N–H and O–H groups in total. The first kappa shape index (κ1) is 62.7. The molecule has 2 aliphatic rings. The minimum Gasteiger partial charge on any atom is -0.489 e. The summed E-state index contributed by atoms with van der Waals surface area (Å²) in [4.78, 5) is 98.9. The van der Waals surface area contributed by atoms with Crippen LogP contribution in [0.15, 0.2) is 120 Å². The van der Waals surface area contributed by atoms with Crippen LogP contribution >= 0.6 is 35.0 Å². The van der Waals surface area contributed by atoms with E-state index in [0.29, 0.717) is 83.9 Å². The summed E-state index contributed by atoms with van der Waals surface area (Å²) in [6.07, 6.45) is 10.2. The maximum atomic E-state index is 13.5. The summed E-state index contributed by atoms with van der Waals surface area (Å²) >= 11 is 13.3. The molecule has 6 heterocycles. The largest absolute Gasteiger partial charge is 0.489 e. The van der Waals surface area contributed by atoms with Crippen molar-refractivity contribution >= 4 is 105 Å². The van der Waals surface area contributed by atoms with Crippen LogP contribution in [0.2, 0.25) is 10.0 Å². The number of amides is 6. The zero-order valence-electron chi connectivity index (χ0n) is 47.0. The Bertz CT molecular complexity index is 3330. The van der Waals surface area contributed by atoms with Gasteiger partial charge in [-0.25, -0.2) is 29.5 Å². The molecule has 438 valence electrons. The van der Waals surface area contributed by atoms with E-state index in [9.17, 15) is 33.0 Å². The maximum Gasteiger partial charge on any atom is 0.410 e. The molecule has 8 rings (SSSR count). The molecule has 6 aromatic rings. The van der Waals surface area contributed by atoms with Crippen LogP contribution in [-0.4, -0.2) is 132 Å². The molecule has 0 spiro atoms. The van der Waals surface area contributed by atoms with E-state index in [0.717, 1.165) is 4.90 Å². The summed E-state index contributed by atoms with van der Waals surface area (Å²) < 4.78 is 35.7. The van der Waals surface area contributed by atoms with Crippen molar-refractivity contribution in [1.82, 2.24) is 29.7 Å². The number of nitrogens with zero attached hydrogens (tertiary/aromatic N) is 6. The van der Waals surface area contributed by atoms with Crippen LogP contribution in [0.4, 0.5) is 32.6 Å². The molecule has 6 amide bonds. The van der Waals surface area contributed by atoms with E-state index in [1.165, 1.54) is 48.9 Å². The molecule has 2 aromatic carbocycles. The van der Waals surface area contributed by atoms with Crippen LogP contribution in [0.5, 0.6) is 11.5 Å². The van der Waals surface area contributed by atoms with Crippen molar-refractivity contribution in [2.24, 2.45) is 0 Å². The smallest absolute Gasteiger partial charge is 0.410 e. The second kappa shape index (κ2) is 28.4. The Morgan fingerprint density at radius 2 is 0.988 bits per heavy atom. The summed E-state index contributed by atoms with van der Waals surface area (Å²) in [7, 11) is -1.32. The first-order valence-electron chi connectivity index (χ1n) is 26.2. The summed E-state index contributed by atoms with van der Waals surface area (Å²) in [5.41, 5.74) is -0.249. The van der Waals surface area contributed by atoms with Gasteiger partial charge in [-0.2, -0.15) is 0 Å². The summed E-state index contributed by atoms with van der Waals surface area (Å²) in [5.74, 6) is -0.886. The number of aromatic nitrogens is 4. The Balaban J connectivity index is 0.000000239. The summed E-state index contributed by atoms with van der Waals surface area (Å²) in [6.45, 7) is 12.8. The summed E-state index contributed by atoms with van der Waals surface area (Å²) in [6, 6.07) is 22.7. The number of rotatable bonds is 14. The van der Waals surface area contributed by atoms with E-state index in [4.69, 9.17) is 42.1 Å². The molecule has 25 heteroatoms. The fourth-order valence-electron chi connectivity index (χ4n) is 8.21. The second-order valence-corrected chi connectivity index (χ2v) is 24.0. The van der Waals surface area contributed by atoms with Gasteiger partial charge in [0.1, 0.15) is 46.5 Å². The highest BCUT2D eigenvalue weighted by Crippen LogP contribution is 2.32. The topological polar surface area (TPSA) is 263 Å². The number of carbonyl (C=O) groups is 6. The molecule has 2 aliphatic heterocycles. The van der Waals surface area contributed by atoms with Gasteiger partial charge < -0.3 is 50.0 Å². The number of hydrogen-bond acceptors (Lipinski definition) is 16. The van der Waals surface area contributed by atoms with Gasteiger partial charge >= 0.3 is 12.2 Å². The van der Waals surface area contributed by atoms with Gasteiger partial charge in [-0.1, -0.05) is 23.2 Å². The third kappa shape index (κ3) is 18.6. The van der Waals surface area contributed by atoms with Gasteiger partial charge in [0, 0.05) is 103 Å². The van der Waals surface area contributed by atoms with Gasteiger partial charge in [0.25, 0.3) is 23.6 Å². The number of nitrogens with one attached hydrogen (secondary N) is 4. The van der Waals surface area contributed by atoms with E-state index >= 15 is 0 Å². The number of pyridine rings is 4. The van der Waals surface area contributed by atoms with Crippen molar-refractivity contribution in [2.75, 3.05) is 60.0 Å². The van der Waals surface area contributed by atoms with Gasteiger partial charge in [-0.15, -0.1) is 11.8 Å². The molecule has 2 fully saturated rings. The molecule has 0 saturated carbocycles. The quantitative estimate of drug-likeness (QED) is 0.0739. The molecule has 1 unspecified atom stereocenters. The number of benzene rings is 2. The van der Waals surface area contributed by atoms with Crippen LogP contribution in [0, 0.1) is 0 Å². The number of likely N-dealkylation sites (tertiary alicyclic amines) is 2. The van der Waals surface area contributed by atoms with Crippen LogP contribution in [0.1, 0.15) is 109 Å². The number of piperidine rings is 2. The highest BCUT2D eigenvalue weighted by Gasteiger charge is 2.31. The molecule has 2 saturated heterocycles. The lowest BCUT2D eigenvalue weighted by atomic mass is 10.1. The molecule has 4 aromatic heterocycles. The highest BCUT2D eigenvalue weighted by molar-refractivity contribution is 7.98. The molecule has 83 heavy (non-hydrogen) atoms. The minimum atomic E-state index is -1.32. The van der Waals surface area contributed by atoms with Crippen LogP contribution in [0.3, 0.4) is 0 Å². The monoisotopic (exact) mass is 1210 g/mol. The number of ether oxygens (including phenoxy) is 4. The van der Waals surface area contributed by atoms with E-state index in [-0.39, 0.29) is 64.3 Å². The fraction of sp³-hybridized carbons (Fsp3) is 0.345. The zero-order chi connectivity index (χ0) is 60.0. The lowest BCUT2D eigenvalue weighted by molar-refractivity contribution is 0.0114. The average Bonchev–Trinajstić information content (AvgIpc) is 3.48. The van der Waals surface area contributed by atoms with Gasteiger partial charge in [0.2, 0.25) is 0 Å². The standard InChI is InChI=1S/C29H32ClN5O6S.C29H32ClN5O5S/c1-29(2,3)41-28(38)35-14-11-19(12-15-35)40-23-16-20(42(4)39)8-9-21(23)26(36)33-22-6-5-13-31-25(22)27(37)34-24-10-7-18(30)17-32-24;1-29(2,3)40-28(38)35-14-11-19(12-15-35)39-23-16-20(41-4)8-9-21(23)26(36)33-22-6-5-13-31-25(22)27(37)34-24-10-7-18(30)17-32-24/h5-10,13,16-17,19H,11-12,14-15H2,1-4H3,(H,33,36)(H,32,34,37);5-10,13,16-17,19H,11-12,14-15H2,1-4H3,(H,33,36)(H,32,34,37). The number of hydrogen-bond donors (Lipinski definition) is 4. The Kier molecular flexibility index (Phi) is 21.5. The van der Waals surface area contributed by atoms with Gasteiger partial charge in [0.05, 0.1) is 32.5 Å². The van der Waals surface area contributed by atoms with Crippen molar-refractivity contribution in [2.45, 2.75) is 100 Å². The normalized spacial score (nSPS) is 14.2. The average molecular weight is 1210 g/mol. The van der Waals surface area contributed by atoms with Crippen molar-refractivity contribution in [3.05, 3.63) is 142 Å². The highest BCUT2D eigenvalue weighted by atomic mass is 35.5. The van der Waals surface area contributed by atoms with Crippen LogP contribution in [0.25, 0.3) is 0 Å². The Morgan fingerprint density at radius 3 is 1.37 bits per heavy atom. The Hall–Kier alpha value is -7.86. The van der Waals surface area contributed by atoms with E-state index in [1.54, 1.807) is 76.5 Å². The third-order valence-corrected chi connectivity index (χ3v) is 14.3. The minimum absolute atomic E-state index is 0.0223. The molecule has 0 bridgehead atoms. The van der Waals surface area contributed by atoms with Gasteiger partial charge in [-0.3, -0.25) is 23.4 Å². The number of carbonyl (C=O) groups excluding carboxylic acids is 6. The molecule has 21 nitrogen and oxygen atoms in total. The van der Waals surface area contributed by atoms with Crippen molar-refractivity contribution in [3.63, 3.8) is 0 Å². The maximum absolute atomic E-state index is 13.5. The molecule has 1 atom stereocenters. The molecule has 0 radical (unpaired) electrons. The number of thioether (sulfide) groups is 1. The lowest BCUT2D eigenvalue weighted by Crippen LogP contribution is -2.44. The van der Waals surface area contributed by atoms with E-state index in [1.807, 2.05) is 59.9 Å². The first-order valence-corrected chi connectivity index (χ1v) is 29.8. The van der Waals surface area contributed by atoms with Crippen molar-refractivity contribution < 1.29 is 51.9 Å². The Labute approximate surface area is 497 Å². The zero-order valence-corrected chi connectivity index (χ0v) is 50.1. The van der Waals surface area contributed by atoms with E-state index in [2.05, 4.69) is 41.2 Å². The van der Waals surface area contributed by atoms with Crippen LogP contribution < -0.4 is 30.7 Å². The van der Waals surface area contributed by atoms with Crippen LogP contribution in [-0.2, 0) is 20.3 Å². The lowest BCUT2D eigenvalue weighted by Gasteiger charge is -2.33. The number of halogens is 2. The van der Waals surface area contributed by atoms with Gasteiger partial charge in [-0.05, 0) is 133 Å². The van der Waals surface area contributed by atoms with Gasteiger partial charge in [0.15, 0.2) is 11.4 Å². The first-order chi connectivity index (χ1) is 39.4. The SMILES string of the molecule is CS(=O)c1ccc(C(=O)Nc2cccnc2C(=O)Nc2ccc(Cl)cn2)c(OC2CCN(C(=O)OC(C)(C)C)CC2)c1.CSc1ccc(C(=O)Nc2cccnc2C(=O)Nc2ccc(Cl)cn2)c(OC2CCN(C(=O)OC(C)(C)C)CC2)c1. The van der Waals surface area contributed by atoms with E-state index < -0.39 is 45.6 Å². The van der Waals surface area contributed by atoms with Crippen molar-refractivity contribution in [3.8, 4) is 11.5 Å². The van der Waals surface area contributed by atoms with Crippen molar-refractivity contribution in [1.29, 1.82) is 0 Å².